The van der Waals surface area contributed by atoms with E-state index in [-0.39, 0.29) is 0 Å². The lowest BCUT2D eigenvalue weighted by molar-refractivity contribution is 1.02. The number of fused-ring (bicyclic) bond motifs is 1. The quantitative estimate of drug-likeness (QED) is 0.532. The molecule has 8 nitrogen and oxygen atoms in total. The number of pyridine rings is 1. The molecule has 0 aliphatic heterocycles. The average molecular weight is 338 g/mol. The largest absolute Gasteiger partial charge is 0.394 e. The Morgan fingerprint density at radius 2 is 2.12 bits per heavy atom. The fraction of sp³-hybridized carbons (Fsp3) is 0.235. The SMILES string of the molecule is CN/C=C(\CN)c1cnc(N)c(NCc2ccc3ncc(C)n3c2)n1. The number of anilines is 2. The van der Waals surface area contributed by atoms with Crippen LogP contribution in [0.4, 0.5) is 11.6 Å². The van der Waals surface area contributed by atoms with E-state index in [2.05, 4.69) is 25.6 Å². The van der Waals surface area contributed by atoms with Crippen molar-refractivity contribution in [2.45, 2.75) is 13.5 Å². The van der Waals surface area contributed by atoms with Gasteiger partial charge in [-0.3, -0.25) is 0 Å². The van der Waals surface area contributed by atoms with E-state index in [1.807, 2.05) is 42.9 Å². The maximum Gasteiger partial charge on any atom is 0.169 e. The van der Waals surface area contributed by atoms with E-state index >= 15 is 0 Å². The molecule has 3 rings (SSSR count). The minimum atomic E-state index is 0.351. The summed E-state index contributed by atoms with van der Waals surface area (Å²) in [6, 6.07) is 4.01. The monoisotopic (exact) mass is 338 g/mol. The lowest BCUT2D eigenvalue weighted by atomic mass is 10.2. The third kappa shape index (κ3) is 3.53. The molecule has 6 N–H and O–H groups in total. The van der Waals surface area contributed by atoms with Gasteiger partial charge in [-0.1, -0.05) is 6.07 Å². The van der Waals surface area contributed by atoms with Gasteiger partial charge < -0.3 is 26.5 Å². The number of hydrogen-bond donors (Lipinski definition) is 4. The number of nitrogens with one attached hydrogen (secondary N) is 2. The maximum absolute atomic E-state index is 5.95. The highest BCUT2D eigenvalue weighted by molar-refractivity contribution is 5.67. The van der Waals surface area contributed by atoms with Crippen LogP contribution in [0.1, 0.15) is 17.0 Å². The van der Waals surface area contributed by atoms with Gasteiger partial charge in [-0.2, -0.15) is 0 Å². The van der Waals surface area contributed by atoms with E-state index in [4.69, 9.17) is 11.5 Å². The van der Waals surface area contributed by atoms with E-state index in [0.29, 0.717) is 30.4 Å². The summed E-state index contributed by atoms with van der Waals surface area (Å²) in [5.41, 5.74) is 16.4. The van der Waals surface area contributed by atoms with Crippen molar-refractivity contribution in [1.82, 2.24) is 24.7 Å². The van der Waals surface area contributed by atoms with Crippen molar-refractivity contribution in [3.8, 4) is 0 Å². The predicted octanol–water partition coefficient (Wildman–Crippen LogP) is 1.15. The number of aryl methyl sites for hydroxylation is 1. The molecule has 25 heavy (non-hydrogen) atoms. The van der Waals surface area contributed by atoms with E-state index in [9.17, 15) is 0 Å². The van der Waals surface area contributed by atoms with Crippen LogP contribution in [0, 0.1) is 6.92 Å². The minimum absolute atomic E-state index is 0.351. The number of rotatable bonds is 6. The normalized spacial score (nSPS) is 11.7. The first-order valence-corrected chi connectivity index (χ1v) is 7.98. The number of nitrogens with two attached hydrogens (primary N) is 2. The number of hydrogen-bond acceptors (Lipinski definition) is 7. The summed E-state index contributed by atoms with van der Waals surface area (Å²) in [6.45, 7) is 2.95. The molecular weight excluding hydrogens is 316 g/mol. The van der Waals surface area contributed by atoms with Crippen LogP contribution in [0.15, 0.2) is 36.9 Å². The summed E-state index contributed by atoms with van der Waals surface area (Å²) in [7, 11) is 1.81. The topological polar surface area (TPSA) is 119 Å². The van der Waals surface area contributed by atoms with Crippen molar-refractivity contribution < 1.29 is 0 Å². The Morgan fingerprint density at radius 3 is 2.88 bits per heavy atom. The molecule has 0 bridgehead atoms. The second kappa shape index (κ2) is 7.18. The lowest BCUT2D eigenvalue weighted by Crippen LogP contribution is -2.12. The first-order valence-electron chi connectivity index (χ1n) is 7.98. The molecule has 0 unspecified atom stereocenters. The van der Waals surface area contributed by atoms with E-state index in [1.54, 1.807) is 12.4 Å². The van der Waals surface area contributed by atoms with Crippen LogP contribution >= 0.6 is 0 Å². The third-order valence-corrected chi connectivity index (χ3v) is 3.88. The molecule has 0 saturated heterocycles. The first kappa shape index (κ1) is 16.7. The molecule has 3 aromatic rings. The van der Waals surface area contributed by atoms with Crippen molar-refractivity contribution in [1.29, 1.82) is 0 Å². The Kier molecular flexibility index (Phi) is 4.80. The second-order valence-electron chi connectivity index (χ2n) is 5.67. The van der Waals surface area contributed by atoms with Crippen molar-refractivity contribution >= 4 is 22.9 Å². The van der Waals surface area contributed by atoms with Gasteiger partial charge in [-0.15, -0.1) is 0 Å². The van der Waals surface area contributed by atoms with Gasteiger partial charge in [0.15, 0.2) is 11.6 Å². The highest BCUT2D eigenvalue weighted by atomic mass is 15.1. The first-order chi connectivity index (χ1) is 12.1. The lowest BCUT2D eigenvalue weighted by Gasteiger charge is -2.11. The average Bonchev–Trinajstić information content (AvgIpc) is 3.00. The number of aromatic nitrogens is 4. The van der Waals surface area contributed by atoms with Crippen LogP contribution in [0.5, 0.6) is 0 Å². The van der Waals surface area contributed by atoms with Gasteiger partial charge in [0.2, 0.25) is 0 Å². The van der Waals surface area contributed by atoms with Crippen molar-refractivity contribution in [3.63, 3.8) is 0 Å². The highest BCUT2D eigenvalue weighted by Gasteiger charge is 2.08. The summed E-state index contributed by atoms with van der Waals surface area (Å²) < 4.78 is 2.05. The summed E-state index contributed by atoms with van der Waals surface area (Å²) in [5, 5.41) is 6.20. The zero-order valence-electron chi connectivity index (χ0n) is 14.3. The molecule has 130 valence electrons. The molecular formula is C17H22N8. The van der Waals surface area contributed by atoms with Gasteiger partial charge in [0.1, 0.15) is 5.65 Å². The molecule has 3 heterocycles. The van der Waals surface area contributed by atoms with Gasteiger partial charge in [0.25, 0.3) is 0 Å². The third-order valence-electron chi connectivity index (χ3n) is 3.88. The summed E-state index contributed by atoms with van der Waals surface area (Å²) in [4.78, 5) is 13.1. The smallest absolute Gasteiger partial charge is 0.169 e. The zero-order chi connectivity index (χ0) is 17.8. The molecule has 0 saturated carbocycles. The Labute approximate surface area is 146 Å². The van der Waals surface area contributed by atoms with Crippen LogP contribution in [0.25, 0.3) is 11.2 Å². The number of nitrogen functional groups attached to an aromatic ring is 1. The van der Waals surface area contributed by atoms with Crippen molar-refractivity contribution in [3.05, 3.63) is 53.9 Å². The maximum atomic E-state index is 5.95. The summed E-state index contributed by atoms with van der Waals surface area (Å²) in [5.74, 6) is 0.889. The Hall–Kier alpha value is -3.13. The fourth-order valence-corrected chi connectivity index (χ4v) is 2.53. The number of imidazole rings is 1. The molecule has 0 aliphatic rings. The summed E-state index contributed by atoms with van der Waals surface area (Å²) in [6.07, 6.45) is 7.32. The molecule has 0 aliphatic carbocycles. The molecule has 0 radical (unpaired) electrons. The zero-order valence-corrected chi connectivity index (χ0v) is 14.3. The van der Waals surface area contributed by atoms with Crippen molar-refractivity contribution in [2.75, 3.05) is 24.6 Å². The standard InChI is InChI=1S/C17H22N8/c1-11-6-21-15-4-3-12(10-25(11)15)7-23-17-16(19)22-9-14(24-17)13(5-18)8-20-2/h3-4,6,8-10,20H,5,7,18H2,1-2H3,(H2,19,22)(H,23,24)/b13-8+. The molecule has 0 spiro atoms. The molecule has 3 aromatic heterocycles. The Morgan fingerprint density at radius 1 is 1.28 bits per heavy atom. The molecule has 8 heteroatoms. The molecule has 0 amide bonds. The van der Waals surface area contributed by atoms with Crippen LogP contribution in [-0.2, 0) is 6.54 Å². The van der Waals surface area contributed by atoms with E-state index in [0.717, 1.165) is 22.5 Å². The predicted molar refractivity (Wildman–Crippen MR) is 99.8 cm³/mol. The fourth-order valence-electron chi connectivity index (χ4n) is 2.53. The van der Waals surface area contributed by atoms with Crippen LogP contribution in [-0.4, -0.2) is 32.9 Å². The van der Waals surface area contributed by atoms with Gasteiger partial charge in [0.05, 0.1) is 11.9 Å². The van der Waals surface area contributed by atoms with E-state index < -0.39 is 0 Å². The molecule has 0 fully saturated rings. The summed E-state index contributed by atoms with van der Waals surface area (Å²) >= 11 is 0. The van der Waals surface area contributed by atoms with Crippen LogP contribution < -0.4 is 22.1 Å². The second-order valence-corrected chi connectivity index (χ2v) is 5.67. The van der Waals surface area contributed by atoms with Crippen molar-refractivity contribution in [2.24, 2.45) is 5.73 Å². The highest BCUT2D eigenvalue weighted by Crippen LogP contribution is 2.18. The van der Waals surface area contributed by atoms with Crippen LogP contribution in [0.2, 0.25) is 0 Å². The minimum Gasteiger partial charge on any atom is -0.394 e. The number of nitrogens with zero attached hydrogens (tertiary/aromatic N) is 4. The van der Waals surface area contributed by atoms with Gasteiger partial charge in [0, 0.05) is 50.0 Å². The van der Waals surface area contributed by atoms with Gasteiger partial charge in [-0.05, 0) is 18.6 Å². The molecule has 0 aromatic carbocycles. The van der Waals surface area contributed by atoms with Crippen LogP contribution in [0.3, 0.4) is 0 Å². The van der Waals surface area contributed by atoms with Gasteiger partial charge >= 0.3 is 0 Å². The molecule has 0 atom stereocenters. The Bertz CT molecular complexity index is 912. The van der Waals surface area contributed by atoms with E-state index in [1.165, 1.54) is 0 Å². The van der Waals surface area contributed by atoms with Gasteiger partial charge in [-0.25, -0.2) is 15.0 Å². The Balaban J connectivity index is 1.81.